The number of methoxy groups -OCH3 is 1. The Balaban J connectivity index is 1.45. The molecule has 2 heterocycles. The molecule has 4 rings (SSSR count). The summed E-state index contributed by atoms with van der Waals surface area (Å²) in [7, 11) is 1.66. The number of ether oxygens (including phenoxy) is 1. The lowest BCUT2D eigenvalue weighted by molar-refractivity contribution is 0.104. The second-order valence-electron chi connectivity index (χ2n) is 7.57. The third-order valence-electron chi connectivity index (χ3n) is 5.50. The Morgan fingerprint density at radius 2 is 1.90 bits per heavy atom. The maximum Gasteiger partial charge on any atom is 0.185 e. The zero-order valence-electron chi connectivity index (χ0n) is 17.3. The molecule has 0 saturated carbocycles. The number of carbonyl (C=O) groups excluding carboxylic acids is 1. The zero-order chi connectivity index (χ0) is 20.8. The fraction of sp³-hybridized carbons (Fsp3) is 0.280. The van der Waals surface area contributed by atoms with Crippen molar-refractivity contribution in [2.75, 3.05) is 25.1 Å². The van der Waals surface area contributed by atoms with Crippen molar-refractivity contribution in [2.45, 2.75) is 25.8 Å². The van der Waals surface area contributed by atoms with Gasteiger partial charge in [-0.15, -0.1) is 0 Å². The van der Waals surface area contributed by atoms with Crippen LogP contribution in [0.3, 0.4) is 0 Å². The molecular formula is C25H27N3O2. The molecule has 0 N–H and O–H groups in total. The van der Waals surface area contributed by atoms with Gasteiger partial charge in [0, 0.05) is 42.3 Å². The highest BCUT2D eigenvalue weighted by Crippen LogP contribution is 2.23. The largest absolute Gasteiger partial charge is 0.496 e. The van der Waals surface area contributed by atoms with E-state index in [-0.39, 0.29) is 5.78 Å². The van der Waals surface area contributed by atoms with Crippen molar-refractivity contribution in [3.8, 4) is 5.75 Å². The van der Waals surface area contributed by atoms with Crippen molar-refractivity contribution in [1.82, 2.24) is 9.78 Å². The number of carbonyl (C=O) groups is 1. The van der Waals surface area contributed by atoms with Crippen molar-refractivity contribution in [1.29, 1.82) is 0 Å². The summed E-state index contributed by atoms with van der Waals surface area (Å²) in [5.41, 5.74) is 3.88. The van der Waals surface area contributed by atoms with E-state index in [2.05, 4.69) is 22.1 Å². The van der Waals surface area contributed by atoms with Crippen LogP contribution >= 0.6 is 0 Å². The number of rotatable bonds is 7. The van der Waals surface area contributed by atoms with Gasteiger partial charge >= 0.3 is 0 Å². The minimum absolute atomic E-state index is 0.00429. The molecule has 0 atom stereocenters. The van der Waals surface area contributed by atoms with Gasteiger partial charge in [-0.3, -0.25) is 9.48 Å². The third-order valence-corrected chi connectivity index (χ3v) is 5.50. The predicted molar refractivity (Wildman–Crippen MR) is 120 cm³/mol. The normalized spacial score (nSPS) is 14.2. The lowest BCUT2D eigenvalue weighted by atomic mass is 10.1. The minimum Gasteiger partial charge on any atom is -0.496 e. The maximum atomic E-state index is 12.6. The Hall–Kier alpha value is -3.34. The first kappa shape index (κ1) is 20.0. The number of hydrogen-bond acceptors (Lipinski definition) is 4. The van der Waals surface area contributed by atoms with E-state index >= 15 is 0 Å². The van der Waals surface area contributed by atoms with Crippen LogP contribution in [0.25, 0.3) is 6.08 Å². The Morgan fingerprint density at radius 1 is 1.10 bits per heavy atom. The fourth-order valence-electron chi connectivity index (χ4n) is 3.85. The molecule has 0 amide bonds. The van der Waals surface area contributed by atoms with Crippen molar-refractivity contribution in [3.05, 3.63) is 83.7 Å². The van der Waals surface area contributed by atoms with Crippen LogP contribution in [0.1, 0.15) is 40.7 Å². The van der Waals surface area contributed by atoms with E-state index in [1.165, 1.54) is 24.9 Å². The Bertz CT molecular complexity index is 1000. The molecule has 0 spiro atoms. The van der Waals surface area contributed by atoms with Crippen molar-refractivity contribution in [3.63, 3.8) is 0 Å². The van der Waals surface area contributed by atoms with Crippen LogP contribution in [0.2, 0.25) is 0 Å². The molecule has 3 aromatic rings. The summed E-state index contributed by atoms with van der Waals surface area (Å²) < 4.78 is 7.32. The van der Waals surface area contributed by atoms with Crippen LogP contribution in [0, 0.1) is 0 Å². The second-order valence-corrected chi connectivity index (χ2v) is 7.57. The smallest absolute Gasteiger partial charge is 0.185 e. The topological polar surface area (TPSA) is 47.4 Å². The van der Waals surface area contributed by atoms with Gasteiger partial charge in [0.1, 0.15) is 5.75 Å². The summed E-state index contributed by atoms with van der Waals surface area (Å²) in [6, 6.07) is 15.8. The number of nitrogens with zero attached hydrogens (tertiary/aromatic N) is 3. The molecule has 5 nitrogen and oxygen atoms in total. The summed E-state index contributed by atoms with van der Waals surface area (Å²) in [4.78, 5) is 15.0. The van der Waals surface area contributed by atoms with Gasteiger partial charge < -0.3 is 9.64 Å². The second kappa shape index (κ2) is 9.44. The maximum absolute atomic E-state index is 12.6. The lowest BCUT2D eigenvalue weighted by Crippen LogP contribution is -2.29. The van der Waals surface area contributed by atoms with E-state index in [4.69, 9.17) is 4.74 Å². The van der Waals surface area contributed by atoms with Crippen LogP contribution < -0.4 is 9.64 Å². The van der Waals surface area contributed by atoms with Gasteiger partial charge in [-0.1, -0.05) is 12.1 Å². The molecule has 154 valence electrons. The first-order valence-electron chi connectivity index (χ1n) is 10.4. The minimum atomic E-state index is 0.00429. The van der Waals surface area contributed by atoms with Crippen molar-refractivity contribution >= 4 is 17.5 Å². The number of aromatic nitrogens is 2. The van der Waals surface area contributed by atoms with E-state index < -0.39 is 0 Å². The highest BCUT2D eigenvalue weighted by atomic mass is 16.5. The van der Waals surface area contributed by atoms with E-state index in [0.29, 0.717) is 12.1 Å². The highest BCUT2D eigenvalue weighted by molar-refractivity contribution is 6.07. The first-order chi connectivity index (χ1) is 14.7. The van der Waals surface area contributed by atoms with Gasteiger partial charge in [0.05, 0.1) is 13.7 Å². The molecule has 1 aliphatic heterocycles. The van der Waals surface area contributed by atoms with Gasteiger partial charge in [-0.2, -0.15) is 5.10 Å². The number of benzene rings is 2. The van der Waals surface area contributed by atoms with Gasteiger partial charge in [0.15, 0.2) is 5.78 Å². The van der Waals surface area contributed by atoms with Crippen LogP contribution in [0.4, 0.5) is 5.69 Å². The highest BCUT2D eigenvalue weighted by Gasteiger charge is 2.11. The monoisotopic (exact) mass is 401 g/mol. The summed E-state index contributed by atoms with van der Waals surface area (Å²) >= 11 is 0. The van der Waals surface area contributed by atoms with E-state index in [1.807, 2.05) is 53.4 Å². The van der Waals surface area contributed by atoms with Crippen molar-refractivity contribution < 1.29 is 9.53 Å². The molecule has 1 aliphatic rings. The number of anilines is 1. The van der Waals surface area contributed by atoms with E-state index in [0.717, 1.165) is 30.0 Å². The van der Waals surface area contributed by atoms with Crippen LogP contribution in [0.5, 0.6) is 5.75 Å². The number of piperidine rings is 1. The van der Waals surface area contributed by atoms with Crippen LogP contribution in [-0.2, 0) is 6.54 Å². The number of hydrogen-bond donors (Lipinski definition) is 0. The summed E-state index contributed by atoms with van der Waals surface area (Å²) in [5, 5.41) is 4.26. The quantitative estimate of drug-likeness (QED) is 0.420. The molecule has 2 aromatic carbocycles. The molecule has 0 unspecified atom stereocenters. The predicted octanol–water partition coefficient (Wildman–Crippen LogP) is 4.83. The van der Waals surface area contributed by atoms with Crippen LogP contribution in [0.15, 0.2) is 67.0 Å². The zero-order valence-corrected chi connectivity index (χ0v) is 17.3. The average Bonchev–Trinajstić information content (AvgIpc) is 3.31. The summed E-state index contributed by atoms with van der Waals surface area (Å²) in [6.07, 6.45) is 11.0. The number of allylic oxidation sites excluding steroid dienone is 1. The first-order valence-corrected chi connectivity index (χ1v) is 10.4. The fourth-order valence-corrected chi connectivity index (χ4v) is 3.85. The molecule has 1 fully saturated rings. The van der Waals surface area contributed by atoms with Crippen LogP contribution in [-0.4, -0.2) is 35.8 Å². The molecule has 0 aliphatic carbocycles. The third kappa shape index (κ3) is 4.79. The average molecular weight is 402 g/mol. The Kier molecular flexibility index (Phi) is 6.28. The summed E-state index contributed by atoms with van der Waals surface area (Å²) in [5.74, 6) is 0.812. The molecule has 0 bridgehead atoms. The van der Waals surface area contributed by atoms with Gasteiger partial charge in [-0.05, 0) is 73.4 Å². The Labute approximate surface area is 177 Å². The standard InChI is InChI=1S/C25H27N3O2/c1-30-25-13-7-20(18-22(25)19-28-17-5-14-26-28)6-12-24(29)21-8-10-23(11-9-21)27-15-3-2-4-16-27/h5-14,17-18H,2-4,15-16,19H2,1H3/b12-6+. The SMILES string of the molecule is COc1ccc(/C=C/C(=O)c2ccc(N3CCCCC3)cc2)cc1Cn1cccn1. The van der Waals surface area contributed by atoms with Gasteiger partial charge in [0.25, 0.3) is 0 Å². The molecule has 0 radical (unpaired) electrons. The van der Waals surface area contributed by atoms with E-state index in [1.54, 1.807) is 19.4 Å². The number of ketones is 1. The Morgan fingerprint density at radius 3 is 2.60 bits per heavy atom. The lowest BCUT2D eigenvalue weighted by Gasteiger charge is -2.28. The summed E-state index contributed by atoms with van der Waals surface area (Å²) in [6.45, 7) is 2.82. The molecule has 30 heavy (non-hydrogen) atoms. The van der Waals surface area contributed by atoms with Gasteiger partial charge in [-0.25, -0.2) is 0 Å². The molecule has 5 heteroatoms. The van der Waals surface area contributed by atoms with Crippen molar-refractivity contribution in [2.24, 2.45) is 0 Å². The molecular weight excluding hydrogens is 374 g/mol. The molecule has 1 saturated heterocycles. The van der Waals surface area contributed by atoms with Gasteiger partial charge in [0.2, 0.25) is 0 Å². The molecule has 1 aromatic heterocycles. The van der Waals surface area contributed by atoms with E-state index in [9.17, 15) is 4.79 Å².